The van der Waals surface area contributed by atoms with Crippen LogP contribution in [0.25, 0.3) is 0 Å². The van der Waals surface area contributed by atoms with Crippen molar-refractivity contribution in [3.63, 3.8) is 0 Å². The molecule has 0 saturated heterocycles. The van der Waals surface area contributed by atoms with Crippen molar-refractivity contribution < 1.29 is 14.7 Å². The van der Waals surface area contributed by atoms with E-state index < -0.39 is 5.97 Å². The number of hydrogen-bond acceptors (Lipinski definition) is 3. The maximum absolute atomic E-state index is 11.7. The third-order valence-electron chi connectivity index (χ3n) is 2.53. The quantitative estimate of drug-likeness (QED) is 0.790. The van der Waals surface area contributed by atoms with E-state index >= 15 is 0 Å². The van der Waals surface area contributed by atoms with Crippen LogP contribution in [0.1, 0.15) is 25.0 Å². The molecule has 0 saturated carbocycles. The Kier molecular flexibility index (Phi) is 4.68. The zero-order valence-electron chi connectivity index (χ0n) is 10.1. The first-order valence-corrected chi connectivity index (χ1v) is 5.43. The van der Waals surface area contributed by atoms with E-state index in [1.165, 1.54) is 0 Å². The summed E-state index contributed by atoms with van der Waals surface area (Å²) in [4.78, 5) is 23.6. The van der Waals surface area contributed by atoms with Crippen molar-refractivity contribution in [2.24, 2.45) is 7.05 Å². The van der Waals surface area contributed by atoms with Gasteiger partial charge in [0.15, 0.2) is 0 Å². The van der Waals surface area contributed by atoms with E-state index in [4.69, 9.17) is 5.11 Å². The van der Waals surface area contributed by atoms with Crippen LogP contribution < -0.4 is 0 Å². The Morgan fingerprint density at radius 2 is 2.18 bits per heavy atom. The van der Waals surface area contributed by atoms with Gasteiger partial charge in [0.05, 0.1) is 12.2 Å². The maximum atomic E-state index is 11.7. The van der Waals surface area contributed by atoms with Crippen molar-refractivity contribution in [3.05, 3.63) is 18.0 Å². The molecule has 0 aliphatic rings. The van der Waals surface area contributed by atoms with Gasteiger partial charge in [0.1, 0.15) is 0 Å². The fraction of sp³-hybridized carbons (Fsp3) is 0.545. The zero-order valence-corrected chi connectivity index (χ0v) is 10.1. The summed E-state index contributed by atoms with van der Waals surface area (Å²) in [5.74, 6) is -0.917. The lowest BCUT2D eigenvalue weighted by molar-refractivity contribution is -0.137. The van der Waals surface area contributed by atoms with E-state index in [-0.39, 0.29) is 18.7 Å². The highest BCUT2D eigenvalue weighted by Crippen LogP contribution is 2.05. The largest absolute Gasteiger partial charge is 0.481 e. The molecule has 0 fully saturated rings. The third-order valence-corrected chi connectivity index (χ3v) is 2.53. The van der Waals surface area contributed by atoms with Gasteiger partial charge in [-0.2, -0.15) is 5.10 Å². The van der Waals surface area contributed by atoms with E-state index in [0.717, 1.165) is 5.69 Å². The van der Waals surface area contributed by atoms with E-state index in [1.54, 1.807) is 22.8 Å². The van der Waals surface area contributed by atoms with Gasteiger partial charge in [-0.3, -0.25) is 14.3 Å². The maximum Gasteiger partial charge on any atom is 0.303 e. The number of amides is 1. The Hall–Kier alpha value is -1.85. The van der Waals surface area contributed by atoms with Crippen molar-refractivity contribution in [2.75, 3.05) is 7.05 Å². The average Bonchev–Trinajstić information content (AvgIpc) is 2.63. The number of rotatable bonds is 6. The summed E-state index contributed by atoms with van der Waals surface area (Å²) in [5, 5.41) is 12.5. The first-order valence-electron chi connectivity index (χ1n) is 5.43. The van der Waals surface area contributed by atoms with Gasteiger partial charge in [-0.1, -0.05) is 0 Å². The first-order chi connectivity index (χ1) is 8.00. The number of aromatic nitrogens is 2. The van der Waals surface area contributed by atoms with Crippen LogP contribution in [0.4, 0.5) is 0 Å². The lowest BCUT2D eigenvalue weighted by atomic mass is 10.2. The van der Waals surface area contributed by atoms with Gasteiger partial charge in [-0.05, 0) is 12.5 Å². The molecule has 17 heavy (non-hydrogen) atoms. The SMILES string of the molecule is CN(Cc1ccnn1C)C(=O)CCCC(=O)O. The van der Waals surface area contributed by atoms with Crippen LogP contribution in [-0.4, -0.2) is 38.7 Å². The molecule has 0 aliphatic carbocycles. The minimum Gasteiger partial charge on any atom is -0.481 e. The van der Waals surface area contributed by atoms with Gasteiger partial charge in [0.2, 0.25) is 5.91 Å². The van der Waals surface area contributed by atoms with Crippen molar-refractivity contribution in [2.45, 2.75) is 25.8 Å². The normalized spacial score (nSPS) is 10.2. The number of carbonyl (C=O) groups excluding carboxylic acids is 1. The second kappa shape index (κ2) is 6.03. The minimum atomic E-state index is -0.868. The fourth-order valence-corrected chi connectivity index (χ4v) is 1.47. The van der Waals surface area contributed by atoms with Crippen LogP contribution in [0, 0.1) is 0 Å². The number of hydrogen-bond donors (Lipinski definition) is 1. The predicted octanol–water partition coefficient (Wildman–Crippen LogP) is 0.633. The molecule has 1 heterocycles. The molecular formula is C11H17N3O3. The zero-order chi connectivity index (χ0) is 12.8. The summed E-state index contributed by atoms with van der Waals surface area (Å²) in [6, 6.07) is 1.85. The number of aryl methyl sites for hydroxylation is 1. The van der Waals surface area contributed by atoms with E-state index in [0.29, 0.717) is 13.0 Å². The van der Waals surface area contributed by atoms with Crippen LogP contribution in [0.2, 0.25) is 0 Å². The lowest BCUT2D eigenvalue weighted by Crippen LogP contribution is -2.27. The second-order valence-corrected chi connectivity index (χ2v) is 3.94. The van der Waals surface area contributed by atoms with E-state index in [2.05, 4.69) is 5.10 Å². The summed E-state index contributed by atoms with van der Waals surface area (Å²) in [7, 11) is 3.52. The van der Waals surface area contributed by atoms with Crippen LogP contribution >= 0.6 is 0 Å². The van der Waals surface area contributed by atoms with Gasteiger partial charge in [-0.25, -0.2) is 0 Å². The Balaban J connectivity index is 2.37. The van der Waals surface area contributed by atoms with Gasteiger partial charge in [0.25, 0.3) is 0 Å². The molecule has 1 N–H and O–H groups in total. The van der Waals surface area contributed by atoms with Gasteiger partial charge in [-0.15, -0.1) is 0 Å². The fourth-order valence-electron chi connectivity index (χ4n) is 1.47. The molecule has 1 aromatic heterocycles. The monoisotopic (exact) mass is 239 g/mol. The summed E-state index contributed by atoms with van der Waals surface area (Å²) in [6.07, 6.45) is 2.36. The highest BCUT2D eigenvalue weighted by atomic mass is 16.4. The number of carboxylic acid groups (broad SMARTS) is 1. The molecule has 6 heteroatoms. The molecule has 1 aromatic rings. The molecule has 0 atom stereocenters. The van der Waals surface area contributed by atoms with Crippen molar-refractivity contribution in [1.82, 2.24) is 14.7 Å². The molecular weight excluding hydrogens is 222 g/mol. The third kappa shape index (κ3) is 4.26. The Labute approximate surface area is 99.8 Å². The van der Waals surface area contributed by atoms with Gasteiger partial charge < -0.3 is 10.0 Å². The van der Waals surface area contributed by atoms with Gasteiger partial charge >= 0.3 is 5.97 Å². The number of nitrogens with zero attached hydrogens (tertiary/aromatic N) is 3. The highest BCUT2D eigenvalue weighted by Gasteiger charge is 2.11. The van der Waals surface area contributed by atoms with E-state index in [9.17, 15) is 9.59 Å². The lowest BCUT2D eigenvalue weighted by Gasteiger charge is -2.16. The smallest absolute Gasteiger partial charge is 0.303 e. The number of carboxylic acids is 1. The number of aliphatic carboxylic acids is 1. The standard InChI is InChI=1S/C11H17N3O3/c1-13(8-9-6-7-12-14(9)2)10(15)4-3-5-11(16)17/h6-7H,3-5,8H2,1-2H3,(H,16,17). The summed E-state index contributed by atoms with van der Waals surface area (Å²) >= 11 is 0. The summed E-state index contributed by atoms with van der Waals surface area (Å²) in [6.45, 7) is 0.488. The Morgan fingerprint density at radius 1 is 1.47 bits per heavy atom. The van der Waals surface area contributed by atoms with Crippen molar-refractivity contribution >= 4 is 11.9 Å². The molecule has 0 unspecified atom stereocenters. The molecule has 1 amide bonds. The molecule has 0 aromatic carbocycles. The molecule has 1 rings (SSSR count). The summed E-state index contributed by atoms with van der Waals surface area (Å²) in [5.41, 5.74) is 0.944. The van der Waals surface area contributed by atoms with Crippen molar-refractivity contribution in [3.8, 4) is 0 Å². The topological polar surface area (TPSA) is 75.4 Å². The Bertz CT molecular complexity index is 400. The Morgan fingerprint density at radius 3 is 2.71 bits per heavy atom. The molecule has 0 aliphatic heterocycles. The van der Waals surface area contributed by atoms with Crippen LogP contribution in [0.5, 0.6) is 0 Å². The molecule has 6 nitrogen and oxygen atoms in total. The minimum absolute atomic E-state index is 0.0330. The predicted molar refractivity (Wildman–Crippen MR) is 61.2 cm³/mol. The second-order valence-electron chi connectivity index (χ2n) is 3.94. The molecule has 0 spiro atoms. The summed E-state index contributed by atoms with van der Waals surface area (Å²) < 4.78 is 1.71. The first kappa shape index (κ1) is 13.2. The average molecular weight is 239 g/mol. The van der Waals surface area contributed by atoms with Crippen molar-refractivity contribution in [1.29, 1.82) is 0 Å². The van der Waals surface area contributed by atoms with Crippen LogP contribution in [-0.2, 0) is 23.2 Å². The van der Waals surface area contributed by atoms with Crippen LogP contribution in [0.15, 0.2) is 12.3 Å². The molecule has 0 radical (unpaired) electrons. The van der Waals surface area contributed by atoms with Gasteiger partial charge in [0, 0.05) is 33.1 Å². The van der Waals surface area contributed by atoms with Crippen LogP contribution in [0.3, 0.4) is 0 Å². The molecule has 0 bridgehead atoms. The van der Waals surface area contributed by atoms with E-state index in [1.807, 2.05) is 13.1 Å². The molecule has 94 valence electrons. The highest BCUT2D eigenvalue weighted by molar-refractivity contribution is 5.76. The number of carbonyl (C=O) groups is 2.